The Kier molecular flexibility index (Phi) is 5.49. The molecular formula is C18H21BrIN. The van der Waals surface area contributed by atoms with Crippen LogP contribution in [0.15, 0.2) is 28.7 Å². The van der Waals surface area contributed by atoms with Crippen LogP contribution < -0.4 is 5.32 Å². The van der Waals surface area contributed by atoms with Gasteiger partial charge in [-0.05, 0) is 109 Å². The van der Waals surface area contributed by atoms with E-state index in [0.717, 1.165) is 4.47 Å². The van der Waals surface area contributed by atoms with Gasteiger partial charge in [-0.1, -0.05) is 22.0 Å². The van der Waals surface area contributed by atoms with Crippen LogP contribution in [0.1, 0.15) is 39.4 Å². The molecule has 2 aromatic carbocycles. The first kappa shape index (κ1) is 17.0. The van der Waals surface area contributed by atoms with Gasteiger partial charge in [-0.15, -0.1) is 0 Å². The van der Waals surface area contributed by atoms with Gasteiger partial charge < -0.3 is 5.32 Å². The van der Waals surface area contributed by atoms with E-state index in [1.165, 1.54) is 37.0 Å². The Hall–Kier alpha value is -0.390. The van der Waals surface area contributed by atoms with Crippen molar-refractivity contribution >= 4 is 38.5 Å². The number of hydrogen-bond donors (Lipinski definition) is 1. The summed E-state index contributed by atoms with van der Waals surface area (Å²) in [4.78, 5) is 0. The van der Waals surface area contributed by atoms with Gasteiger partial charge in [0.05, 0.1) is 6.04 Å². The lowest BCUT2D eigenvalue weighted by molar-refractivity contribution is 0.678. The summed E-state index contributed by atoms with van der Waals surface area (Å²) < 4.78 is 2.41. The summed E-state index contributed by atoms with van der Waals surface area (Å²) in [5, 5.41) is 3.51. The highest BCUT2D eigenvalue weighted by Gasteiger charge is 2.21. The van der Waals surface area contributed by atoms with Crippen molar-refractivity contribution in [1.82, 2.24) is 5.32 Å². The molecule has 1 unspecified atom stereocenters. The topological polar surface area (TPSA) is 12.0 Å². The number of halogens is 2. The Morgan fingerprint density at radius 3 is 2.10 bits per heavy atom. The van der Waals surface area contributed by atoms with Gasteiger partial charge in [0.2, 0.25) is 0 Å². The lowest BCUT2D eigenvalue weighted by Gasteiger charge is -2.25. The quantitative estimate of drug-likeness (QED) is 0.591. The fraction of sp³-hybridized carbons (Fsp3) is 0.333. The van der Waals surface area contributed by atoms with Crippen LogP contribution in [0.4, 0.5) is 0 Å². The zero-order valence-electron chi connectivity index (χ0n) is 13.1. The van der Waals surface area contributed by atoms with E-state index >= 15 is 0 Å². The Morgan fingerprint density at radius 2 is 1.57 bits per heavy atom. The zero-order valence-corrected chi connectivity index (χ0v) is 16.9. The third-order valence-electron chi connectivity index (χ3n) is 4.27. The summed E-state index contributed by atoms with van der Waals surface area (Å²) in [5.74, 6) is 0. The molecule has 112 valence electrons. The maximum atomic E-state index is 3.71. The van der Waals surface area contributed by atoms with Gasteiger partial charge in [0.1, 0.15) is 0 Å². The Morgan fingerprint density at radius 1 is 1.00 bits per heavy atom. The Balaban J connectivity index is 2.70. The number of aryl methyl sites for hydroxylation is 2. The molecular weight excluding hydrogens is 437 g/mol. The molecule has 0 fully saturated rings. The van der Waals surface area contributed by atoms with Gasteiger partial charge in [0, 0.05) is 8.04 Å². The van der Waals surface area contributed by atoms with Gasteiger partial charge in [0.25, 0.3) is 0 Å². The second kappa shape index (κ2) is 6.80. The van der Waals surface area contributed by atoms with E-state index in [4.69, 9.17) is 0 Å². The number of benzene rings is 2. The highest BCUT2D eigenvalue weighted by Crippen LogP contribution is 2.35. The molecule has 0 bridgehead atoms. The van der Waals surface area contributed by atoms with Crippen LogP contribution in [0, 0.1) is 31.3 Å². The smallest absolute Gasteiger partial charge is 0.0591 e. The molecule has 1 atom stereocenters. The molecule has 0 saturated carbocycles. The zero-order chi connectivity index (χ0) is 15.7. The van der Waals surface area contributed by atoms with E-state index in [-0.39, 0.29) is 6.04 Å². The molecule has 0 aliphatic heterocycles. The maximum absolute atomic E-state index is 3.71. The molecule has 0 amide bonds. The van der Waals surface area contributed by atoms with Crippen LogP contribution in [0.2, 0.25) is 0 Å². The van der Waals surface area contributed by atoms with Gasteiger partial charge in [-0.3, -0.25) is 0 Å². The highest BCUT2D eigenvalue weighted by atomic mass is 127. The minimum absolute atomic E-state index is 0.202. The van der Waals surface area contributed by atoms with E-state index < -0.39 is 0 Å². The van der Waals surface area contributed by atoms with Crippen LogP contribution in [-0.4, -0.2) is 7.05 Å². The molecule has 0 aliphatic carbocycles. The molecule has 1 N–H and O–H groups in total. The third kappa shape index (κ3) is 3.35. The lowest BCUT2D eigenvalue weighted by Crippen LogP contribution is -2.21. The van der Waals surface area contributed by atoms with Crippen LogP contribution in [0.25, 0.3) is 0 Å². The van der Waals surface area contributed by atoms with E-state index in [9.17, 15) is 0 Å². The predicted molar refractivity (Wildman–Crippen MR) is 103 cm³/mol. The number of nitrogens with one attached hydrogen (secondary N) is 1. The van der Waals surface area contributed by atoms with Gasteiger partial charge in [-0.25, -0.2) is 0 Å². The summed E-state index contributed by atoms with van der Waals surface area (Å²) in [6, 6.07) is 9.00. The molecule has 3 heteroatoms. The van der Waals surface area contributed by atoms with Crippen LogP contribution in [0.3, 0.4) is 0 Å². The van der Waals surface area contributed by atoms with Gasteiger partial charge in [-0.2, -0.15) is 0 Å². The molecule has 21 heavy (non-hydrogen) atoms. The first-order chi connectivity index (χ1) is 9.86. The predicted octanol–water partition coefficient (Wildman–Crippen LogP) is 5.60. The van der Waals surface area contributed by atoms with E-state index in [1.54, 1.807) is 0 Å². The standard InChI is InChI=1S/C18H21BrIN/c1-10-8-11(2)13(4)17(12(10)3)18(21-5)15-9-14(20)6-7-16(15)19/h6-9,18,21H,1-5H3. The van der Waals surface area contributed by atoms with E-state index in [2.05, 4.69) is 95.8 Å². The largest absolute Gasteiger partial charge is 0.309 e. The van der Waals surface area contributed by atoms with Crippen molar-refractivity contribution in [3.63, 3.8) is 0 Å². The summed E-state index contributed by atoms with van der Waals surface area (Å²) in [5.41, 5.74) is 8.16. The number of rotatable bonds is 3. The fourth-order valence-electron chi connectivity index (χ4n) is 2.87. The van der Waals surface area contributed by atoms with Crippen LogP contribution >= 0.6 is 38.5 Å². The molecule has 0 saturated heterocycles. The van der Waals surface area contributed by atoms with Crippen molar-refractivity contribution in [3.8, 4) is 0 Å². The molecule has 2 rings (SSSR count). The van der Waals surface area contributed by atoms with Crippen molar-refractivity contribution in [3.05, 3.63) is 65.7 Å². The van der Waals surface area contributed by atoms with Crippen molar-refractivity contribution < 1.29 is 0 Å². The molecule has 2 aromatic rings. The maximum Gasteiger partial charge on any atom is 0.0591 e. The Bertz CT molecular complexity index is 653. The molecule has 0 aromatic heterocycles. The molecule has 0 spiro atoms. The lowest BCUT2D eigenvalue weighted by atomic mass is 9.87. The minimum Gasteiger partial charge on any atom is -0.309 e. The second-order valence-electron chi connectivity index (χ2n) is 5.56. The molecule has 1 nitrogen and oxygen atoms in total. The Labute approximate surface area is 149 Å². The summed E-state index contributed by atoms with van der Waals surface area (Å²) in [6.07, 6.45) is 0. The van der Waals surface area contributed by atoms with Gasteiger partial charge >= 0.3 is 0 Å². The molecule has 0 heterocycles. The first-order valence-corrected chi connectivity index (χ1v) is 8.93. The summed E-state index contributed by atoms with van der Waals surface area (Å²) in [7, 11) is 2.04. The normalized spacial score (nSPS) is 12.5. The highest BCUT2D eigenvalue weighted by molar-refractivity contribution is 14.1. The number of hydrogen-bond acceptors (Lipinski definition) is 1. The van der Waals surface area contributed by atoms with Crippen LogP contribution in [0.5, 0.6) is 0 Å². The van der Waals surface area contributed by atoms with Crippen molar-refractivity contribution in [2.75, 3.05) is 7.05 Å². The SMILES string of the molecule is CNC(c1cc(I)ccc1Br)c1c(C)c(C)cc(C)c1C. The fourth-order valence-corrected chi connectivity index (χ4v) is 3.86. The van der Waals surface area contributed by atoms with Crippen molar-refractivity contribution in [1.29, 1.82) is 0 Å². The average molecular weight is 458 g/mol. The van der Waals surface area contributed by atoms with Crippen molar-refractivity contribution in [2.45, 2.75) is 33.7 Å². The van der Waals surface area contributed by atoms with Gasteiger partial charge in [0.15, 0.2) is 0 Å². The molecule has 0 radical (unpaired) electrons. The minimum atomic E-state index is 0.202. The van der Waals surface area contributed by atoms with E-state index in [0.29, 0.717) is 0 Å². The second-order valence-corrected chi connectivity index (χ2v) is 7.66. The molecule has 0 aliphatic rings. The summed E-state index contributed by atoms with van der Waals surface area (Å²) >= 11 is 6.09. The average Bonchev–Trinajstić information content (AvgIpc) is 2.44. The monoisotopic (exact) mass is 457 g/mol. The first-order valence-electron chi connectivity index (χ1n) is 7.06. The van der Waals surface area contributed by atoms with E-state index in [1.807, 2.05) is 7.05 Å². The van der Waals surface area contributed by atoms with Crippen molar-refractivity contribution in [2.24, 2.45) is 0 Å². The summed E-state index contributed by atoms with van der Waals surface area (Å²) in [6.45, 7) is 8.84. The third-order valence-corrected chi connectivity index (χ3v) is 5.66. The van der Waals surface area contributed by atoms with Crippen LogP contribution in [-0.2, 0) is 0 Å².